The van der Waals surface area contributed by atoms with E-state index in [1.807, 2.05) is 43.7 Å². The zero-order valence-corrected chi connectivity index (χ0v) is 20.5. The van der Waals surface area contributed by atoms with Gasteiger partial charge in [-0.05, 0) is 23.8 Å². The summed E-state index contributed by atoms with van der Waals surface area (Å²) < 4.78 is 18.0. The maximum Gasteiger partial charge on any atom is 0.255 e. The van der Waals surface area contributed by atoms with Crippen molar-refractivity contribution in [3.63, 3.8) is 0 Å². The van der Waals surface area contributed by atoms with Crippen LogP contribution in [0.25, 0.3) is 11.3 Å². The Labute approximate surface area is 213 Å². The first kappa shape index (κ1) is 22.9. The van der Waals surface area contributed by atoms with Crippen molar-refractivity contribution in [2.24, 2.45) is 18.9 Å². The van der Waals surface area contributed by atoms with E-state index in [4.69, 9.17) is 5.26 Å². The summed E-state index contributed by atoms with van der Waals surface area (Å²) in [5.74, 6) is 1.78. The first-order valence-electron chi connectivity index (χ1n) is 12.1. The van der Waals surface area contributed by atoms with Crippen LogP contribution in [0.5, 0.6) is 0 Å². The molecule has 0 N–H and O–H groups in total. The molecular weight excluding hydrogens is 471 g/mol. The molecule has 1 aliphatic heterocycles. The molecule has 2 aliphatic rings. The predicted octanol–water partition coefficient (Wildman–Crippen LogP) is 2.67. The Hall–Kier alpha value is -4.52. The Bertz CT molecular complexity index is 1560. The van der Waals surface area contributed by atoms with Gasteiger partial charge in [0.2, 0.25) is 11.9 Å². The van der Waals surface area contributed by atoms with Crippen molar-refractivity contribution in [3.05, 3.63) is 88.5 Å². The molecule has 0 bridgehead atoms. The van der Waals surface area contributed by atoms with Gasteiger partial charge in [0.15, 0.2) is 5.82 Å². The molecule has 9 nitrogen and oxygen atoms in total. The van der Waals surface area contributed by atoms with Crippen molar-refractivity contribution < 1.29 is 4.39 Å². The van der Waals surface area contributed by atoms with Crippen molar-refractivity contribution in [1.82, 2.24) is 24.1 Å². The second-order valence-electron chi connectivity index (χ2n) is 9.69. The lowest BCUT2D eigenvalue weighted by Crippen LogP contribution is -2.37. The minimum atomic E-state index is -0.507. The van der Waals surface area contributed by atoms with E-state index < -0.39 is 5.82 Å². The van der Waals surface area contributed by atoms with Crippen LogP contribution < -0.4 is 15.4 Å². The summed E-state index contributed by atoms with van der Waals surface area (Å²) in [4.78, 5) is 30.1. The molecule has 2 fully saturated rings. The van der Waals surface area contributed by atoms with E-state index in [1.165, 1.54) is 22.9 Å². The highest BCUT2D eigenvalue weighted by Crippen LogP contribution is 2.50. The quantitative estimate of drug-likeness (QED) is 0.405. The summed E-state index contributed by atoms with van der Waals surface area (Å²) in [6.45, 7) is 2.40. The fourth-order valence-electron chi connectivity index (χ4n) is 5.52. The van der Waals surface area contributed by atoms with Crippen LogP contribution in [0, 0.1) is 29.0 Å². The molecule has 1 unspecified atom stereocenters. The topological polar surface area (TPSA) is 95.9 Å². The Balaban J connectivity index is 1.18. The van der Waals surface area contributed by atoms with Gasteiger partial charge >= 0.3 is 0 Å². The summed E-state index contributed by atoms with van der Waals surface area (Å²) >= 11 is 0. The van der Waals surface area contributed by atoms with Gasteiger partial charge in [-0.2, -0.15) is 5.26 Å². The number of rotatable bonds is 6. The van der Waals surface area contributed by atoms with Crippen LogP contribution in [0.15, 0.2) is 66.0 Å². The average Bonchev–Trinajstić information content (AvgIpc) is 3.21. The minimum Gasteiger partial charge on any atom is -0.342 e. The van der Waals surface area contributed by atoms with Gasteiger partial charge in [-0.15, -0.1) is 0 Å². The number of fused-ring (bicyclic) bond motifs is 1. The fraction of sp³-hybridized carbons (Fsp3) is 0.296. The van der Waals surface area contributed by atoms with Gasteiger partial charge in [0, 0.05) is 75.3 Å². The smallest absolute Gasteiger partial charge is 0.255 e. The van der Waals surface area contributed by atoms with Gasteiger partial charge in [0.05, 0.1) is 30.1 Å². The molecule has 1 saturated heterocycles. The molecule has 0 radical (unpaired) electrons. The lowest BCUT2D eigenvalue weighted by molar-refractivity contribution is 0.623. The van der Waals surface area contributed by atoms with E-state index in [2.05, 4.69) is 35.4 Å². The van der Waals surface area contributed by atoms with E-state index in [9.17, 15) is 9.18 Å². The number of hydrogen-bond donors (Lipinski definition) is 0. The third kappa shape index (κ3) is 4.02. The molecule has 4 heterocycles. The molecule has 4 aromatic rings. The lowest BCUT2D eigenvalue weighted by Gasteiger charge is -2.27. The monoisotopic (exact) mass is 496 g/mol. The SMILES string of the molecule is CN(c1nc(-c2ccncc2F)cc(=O)n1C)C1[C@H]2CN(c3nccn3Cc3ccc(C#N)cc3)C[C@@H]12. The summed E-state index contributed by atoms with van der Waals surface area (Å²) in [6, 6.07) is 12.9. The Morgan fingerprint density at radius 1 is 1.16 bits per heavy atom. The molecule has 6 rings (SSSR count). The highest BCUT2D eigenvalue weighted by atomic mass is 19.1. The minimum absolute atomic E-state index is 0.236. The largest absolute Gasteiger partial charge is 0.342 e. The molecular formula is C27H25FN8O. The van der Waals surface area contributed by atoms with Crippen molar-refractivity contribution in [3.8, 4) is 17.3 Å². The molecule has 0 spiro atoms. The van der Waals surface area contributed by atoms with Crippen molar-refractivity contribution in [2.45, 2.75) is 12.6 Å². The van der Waals surface area contributed by atoms with E-state index in [0.29, 0.717) is 35.6 Å². The lowest BCUT2D eigenvalue weighted by atomic mass is 10.1. The Morgan fingerprint density at radius 2 is 1.92 bits per heavy atom. The zero-order valence-electron chi connectivity index (χ0n) is 20.5. The number of nitrogens with zero attached hydrogens (tertiary/aromatic N) is 8. The molecule has 1 aromatic carbocycles. The number of anilines is 2. The maximum atomic E-state index is 14.3. The van der Waals surface area contributed by atoms with Crippen molar-refractivity contribution in [1.29, 1.82) is 5.26 Å². The van der Waals surface area contributed by atoms with Crippen LogP contribution in [-0.4, -0.2) is 50.3 Å². The predicted molar refractivity (Wildman–Crippen MR) is 137 cm³/mol. The highest BCUT2D eigenvalue weighted by Gasteiger charge is 2.59. The average molecular weight is 497 g/mol. The molecule has 1 saturated carbocycles. The van der Waals surface area contributed by atoms with Crippen LogP contribution in [-0.2, 0) is 13.6 Å². The summed E-state index contributed by atoms with van der Waals surface area (Å²) in [7, 11) is 3.64. The number of aromatic nitrogens is 5. The molecule has 0 amide bonds. The maximum absolute atomic E-state index is 14.3. The second kappa shape index (κ2) is 8.85. The van der Waals surface area contributed by atoms with E-state index in [-0.39, 0.29) is 17.2 Å². The van der Waals surface area contributed by atoms with Crippen LogP contribution in [0.3, 0.4) is 0 Å². The normalized spacial score (nSPS) is 19.9. The fourth-order valence-corrected chi connectivity index (χ4v) is 5.52. The number of pyridine rings is 1. The third-order valence-electron chi connectivity index (χ3n) is 7.48. The summed E-state index contributed by atoms with van der Waals surface area (Å²) in [5, 5.41) is 9.03. The van der Waals surface area contributed by atoms with Crippen LogP contribution >= 0.6 is 0 Å². The Kier molecular flexibility index (Phi) is 5.48. The number of halogens is 1. The molecule has 10 heteroatoms. The van der Waals surface area contributed by atoms with Crippen LogP contribution in [0.1, 0.15) is 11.1 Å². The van der Waals surface area contributed by atoms with Crippen LogP contribution in [0.4, 0.5) is 16.3 Å². The van der Waals surface area contributed by atoms with Crippen molar-refractivity contribution >= 4 is 11.9 Å². The van der Waals surface area contributed by atoms with Gasteiger partial charge in [-0.1, -0.05) is 12.1 Å². The number of hydrogen-bond acceptors (Lipinski definition) is 7. The summed E-state index contributed by atoms with van der Waals surface area (Å²) in [6.07, 6.45) is 6.41. The Morgan fingerprint density at radius 3 is 2.62 bits per heavy atom. The van der Waals surface area contributed by atoms with E-state index in [1.54, 1.807) is 7.05 Å². The van der Waals surface area contributed by atoms with Crippen LogP contribution in [0.2, 0.25) is 0 Å². The first-order valence-corrected chi connectivity index (χ1v) is 12.1. The third-order valence-corrected chi connectivity index (χ3v) is 7.48. The van der Waals surface area contributed by atoms with Gasteiger partial charge in [-0.3, -0.25) is 14.3 Å². The van der Waals surface area contributed by atoms with E-state index in [0.717, 1.165) is 30.8 Å². The zero-order chi connectivity index (χ0) is 25.7. The number of imidazole rings is 1. The van der Waals surface area contributed by atoms with Gasteiger partial charge in [0.25, 0.3) is 5.56 Å². The molecule has 3 aromatic heterocycles. The second-order valence-corrected chi connectivity index (χ2v) is 9.69. The first-order chi connectivity index (χ1) is 17.9. The molecule has 1 aliphatic carbocycles. The van der Waals surface area contributed by atoms with Gasteiger partial charge in [-0.25, -0.2) is 14.4 Å². The van der Waals surface area contributed by atoms with Gasteiger partial charge in [0.1, 0.15) is 0 Å². The standard InChI is InChI=1S/C27H25FN8O/c1-33-24(37)11-23(19-7-8-30-13-22(19)28)32-27(33)34(2)25-20-15-36(16-21(20)25)26-31-9-10-35(26)14-18-5-3-17(12-29)4-6-18/h3-11,13,20-21,25H,14-16H2,1-2H3/t20-,21+,25?. The summed E-state index contributed by atoms with van der Waals surface area (Å²) in [5.41, 5.74) is 2.09. The number of piperidine rings is 1. The number of benzene rings is 1. The van der Waals surface area contributed by atoms with Crippen molar-refractivity contribution in [2.75, 3.05) is 29.9 Å². The van der Waals surface area contributed by atoms with Gasteiger partial charge < -0.3 is 14.4 Å². The molecule has 3 atom stereocenters. The highest BCUT2D eigenvalue weighted by molar-refractivity contribution is 5.60. The molecule has 37 heavy (non-hydrogen) atoms. The van der Waals surface area contributed by atoms with E-state index >= 15 is 0 Å². The number of nitriles is 1. The molecule has 186 valence electrons.